The van der Waals surface area contributed by atoms with Crippen LogP contribution in [0.1, 0.15) is 23.2 Å². The number of amides is 2. The second-order valence-corrected chi connectivity index (χ2v) is 11.2. The molecule has 0 aliphatic carbocycles. The Balaban J connectivity index is 1.60. The number of hydrogen-bond donors (Lipinski definition) is 3. The number of sulfone groups is 1. The van der Waals surface area contributed by atoms with Crippen molar-refractivity contribution >= 4 is 37.4 Å². The number of anilines is 1. The molecule has 3 rings (SSSR count). The van der Waals surface area contributed by atoms with Crippen molar-refractivity contribution in [3.8, 4) is 5.75 Å². The fourth-order valence-corrected chi connectivity index (χ4v) is 6.19. The molecule has 172 valence electrons. The van der Waals surface area contributed by atoms with E-state index in [2.05, 4.69) is 15.6 Å². The van der Waals surface area contributed by atoms with E-state index in [-0.39, 0.29) is 34.3 Å². The predicted molar refractivity (Wildman–Crippen MR) is 117 cm³/mol. The molecular weight excluding hydrogens is 458 g/mol. The molecule has 0 aromatic heterocycles. The van der Waals surface area contributed by atoms with Gasteiger partial charge in [0.25, 0.3) is 15.9 Å². The van der Waals surface area contributed by atoms with E-state index >= 15 is 0 Å². The maximum absolute atomic E-state index is 12.6. The normalized spacial score (nSPS) is 17.3. The largest absolute Gasteiger partial charge is 0.497 e. The minimum absolute atomic E-state index is 0.0198. The lowest BCUT2D eigenvalue weighted by molar-refractivity contribution is -0.122. The van der Waals surface area contributed by atoms with Crippen molar-refractivity contribution in [1.82, 2.24) is 10.9 Å². The average molecular weight is 482 g/mol. The van der Waals surface area contributed by atoms with Crippen LogP contribution in [-0.4, -0.2) is 47.3 Å². The Labute approximate surface area is 186 Å². The number of hydrogen-bond acceptors (Lipinski definition) is 7. The van der Waals surface area contributed by atoms with Crippen LogP contribution in [0.25, 0.3) is 0 Å². The van der Waals surface area contributed by atoms with Crippen LogP contribution in [-0.2, 0) is 24.7 Å². The summed E-state index contributed by atoms with van der Waals surface area (Å²) in [6.45, 7) is 0. The fourth-order valence-electron chi connectivity index (χ4n) is 3.22. The van der Waals surface area contributed by atoms with Crippen LogP contribution in [0.2, 0.25) is 0 Å². The van der Waals surface area contributed by atoms with Crippen LogP contribution < -0.4 is 20.3 Å². The first-order valence-corrected chi connectivity index (χ1v) is 12.9. The van der Waals surface area contributed by atoms with Gasteiger partial charge in [-0.25, -0.2) is 16.8 Å². The molecule has 1 aliphatic rings. The summed E-state index contributed by atoms with van der Waals surface area (Å²) >= 11 is 0. The Morgan fingerprint density at radius 3 is 2.44 bits per heavy atom. The SMILES string of the molecule is COc1ccc(NS(=O)(=O)c2cccc(C(=O)NNC(=O)CC3CCS(=O)(=O)C3)c2)cc1. The number of rotatable bonds is 7. The molecule has 1 unspecified atom stereocenters. The van der Waals surface area contributed by atoms with E-state index in [1.165, 1.54) is 43.5 Å². The quantitative estimate of drug-likeness (QED) is 0.501. The zero-order valence-electron chi connectivity index (χ0n) is 17.2. The van der Waals surface area contributed by atoms with E-state index in [1.54, 1.807) is 12.1 Å². The second-order valence-electron chi connectivity index (χ2n) is 7.34. The van der Waals surface area contributed by atoms with E-state index in [9.17, 15) is 26.4 Å². The summed E-state index contributed by atoms with van der Waals surface area (Å²) in [7, 11) is -5.56. The number of carbonyl (C=O) groups excluding carboxylic acids is 2. The highest BCUT2D eigenvalue weighted by atomic mass is 32.2. The number of benzene rings is 2. The fraction of sp³-hybridized carbons (Fsp3) is 0.300. The molecule has 1 saturated heterocycles. The standard InChI is InChI=1S/C20H23N3O7S2/c1-30-17-7-5-16(6-8-17)23-32(28,29)18-4-2-3-15(12-18)20(25)22-21-19(24)11-14-9-10-31(26,27)13-14/h2-8,12,14,23H,9-11,13H2,1H3,(H,21,24)(H,22,25). The molecule has 1 aliphatic heterocycles. The van der Waals surface area contributed by atoms with Gasteiger partial charge in [-0.05, 0) is 54.8 Å². The van der Waals surface area contributed by atoms with Gasteiger partial charge >= 0.3 is 0 Å². The van der Waals surface area contributed by atoms with Crippen LogP contribution in [0.4, 0.5) is 5.69 Å². The summed E-state index contributed by atoms with van der Waals surface area (Å²) in [6, 6.07) is 11.6. The molecule has 0 bridgehead atoms. The first-order chi connectivity index (χ1) is 15.1. The third-order valence-electron chi connectivity index (χ3n) is 4.87. The van der Waals surface area contributed by atoms with Gasteiger partial charge in [0.15, 0.2) is 9.84 Å². The molecule has 12 heteroatoms. The van der Waals surface area contributed by atoms with Gasteiger partial charge in [0, 0.05) is 17.7 Å². The first-order valence-electron chi connectivity index (χ1n) is 9.64. The topological polar surface area (TPSA) is 148 Å². The molecule has 32 heavy (non-hydrogen) atoms. The molecule has 2 amide bonds. The molecule has 0 spiro atoms. The molecule has 1 atom stereocenters. The van der Waals surface area contributed by atoms with Crippen molar-refractivity contribution in [1.29, 1.82) is 0 Å². The Hall–Kier alpha value is -3.12. The molecule has 2 aromatic rings. The van der Waals surface area contributed by atoms with Crippen LogP contribution in [0.3, 0.4) is 0 Å². The molecular formula is C20H23N3O7S2. The smallest absolute Gasteiger partial charge is 0.269 e. The Morgan fingerprint density at radius 1 is 1.09 bits per heavy atom. The Bertz CT molecular complexity index is 1210. The number of carbonyl (C=O) groups is 2. The molecule has 1 fully saturated rings. The lowest BCUT2D eigenvalue weighted by Gasteiger charge is -2.12. The molecule has 2 aromatic carbocycles. The van der Waals surface area contributed by atoms with Gasteiger partial charge in [-0.1, -0.05) is 6.07 Å². The molecule has 1 heterocycles. The maximum atomic E-state index is 12.6. The molecule has 10 nitrogen and oxygen atoms in total. The molecule has 0 saturated carbocycles. The summed E-state index contributed by atoms with van der Waals surface area (Å²) in [6.07, 6.45) is 0.379. The van der Waals surface area contributed by atoms with Crippen LogP contribution in [0.15, 0.2) is 53.4 Å². The van der Waals surface area contributed by atoms with Gasteiger partial charge in [0.2, 0.25) is 5.91 Å². The Morgan fingerprint density at radius 2 is 1.81 bits per heavy atom. The van der Waals surface area contributed by atoms with Crippen molar-refractivity contribution in [3.05, 3.63) is 54.1 Å². The number of sulfonamides is 1. The average Bonchev–Trinajstić information content (AvgIpc) is 3.10. The van der Waals surface area contributed by atoms with Gasteiger partial charge < -0.3 is 4.74 Å². The number of ether oxygens (including phenoxy) is 1. The van der Waals surface area contributed by atoms with Crippen LogP contribution in [0.5, 0.6) is 5.75 Å². The zero-order chi connectivity index (χ0) is 23.4. The lowest BCUT2D eigenvalue weighted by atomic mass is 10.1. The lowest BCUT2D eigenvalue weighted by Crippen LogP contribution is -2.42. The van der Waals surface area contributed by atoms with E-state index in [4.69, 9.17) is 4.74 Å². The number of hydrazine groups is 1. The minimum atomic E-state index is -3.96. The van der Waals surface area contributed by atoms with Gasteiger partial charge in [-0.15, -0.1) is 0 Å². The molecule has 0 radical (unpaired) electrons. The summed E-state index contributed by atoms with van der Waals surface area (Å²) in [5.41, 5.74) is 4.79. The van der Waals surface area contributed by atoms with Gasteiger partial charge in [-0.3, -0.25) is 25.2 Å². The second kappa shape index (κ2) is 9.57. The highest BCUT2D eigenvalue weighted by Crippen LogP contribution is 2.22. The highest BCUT2D eigenvalue weighted by Gasteiger charge is 2.29. The van der Waals surface area contributed by atoms with Gasteiger partial charge in [0.05, 0.1) is 23.5 Å². The summed E-state index contributed by atoms with van der Waals surface area (Å²) < 4.78 is 55.7. The first kappa shape index (κ1) is 23.5. The zero-order valence-corrected chi connectivity index (χ0v) is 18.8. The van der Waals surface area contributed by atoms with E-state index in [0.717, 1.165) is 0 Å². The predicted octanol–water partition coefficient (Wildman–Crippen LogP) is 1.08. The number of methoxy groups -OCH3 is 1. The third-order valence-corrected chi connectivity index (χ3v) is 8.08. The maximum Gasteiger partial charge on any atom is 0.269 e. The minimum Gasteiger partial charge on any atom is -0.497 e. The van der Waals surface area contributed by atoms with Crippen LogP contribution in [0, 0.1) is 5.92 Å². The Kier molecular flexibility index (Phi) is 7.04. The van der Waals surface area contributed by atoms with Crippen molar-refractivity contribution in [2.24, 2.45) is 5.92 Å². The van der Waals surface area contributed by atoms with Crippen molar-refractivity contribution < 1.29 is 31.2 Å². The summed E-state index contributed by atoms with van der Waals surface area (Å²) in [5, 5.41) is 0. The van der Waals surface area contributed by atoms with E-state index in [1.807, 2.05) is 0 Å². The number of nitrogens with one attached hydrogen (secondary N) is 3. The van der Waals surface area contributed by atoms with Crippen molar-refractivity contribution in [2.75, 3.05) is 23.3 Å². The van der Waals surface area contributed by atoms with Crippen molar-refractivity contribution in [3.63, 3.8) is 0 Å². The third kappa shape index (κ3) is 6.20. The molecule has 3 N–H and O–H groups in total. The van der Waals surface area contributed by atoms with Gasteiger partial charge in [0.1, 0.15) is 5.75 Å². The van der Waals surface area contributed by atoms with Crippen LogP contribution >= 0.6 is 0 Å². The van der Waals surface area contributed by atoms with Gasteiger partial charge in [-0.2, -0.15) is 0 Å². The van der Waals surface area contributed by atoms with E-state index < -0.39 is 31.7 Å². The monoisotopic (exact) mass is 481 g/mol. The van der Waals surface area contributed by atoms with E-state index in [0.29, 0.717) is 17.9 Å². The van der Waals surface area contributed by atoms with Crippen molar-refractivity contribution in [2.45, 2.75) is 17.7 Å². The summed E-state index contributed by atoms with van der Waals surface area (Å²) in [4.78, 5) is 24.2. The summed E-state index contributed by atoms with van der Waals surface area (Å²) in [5.74, 6) is -0.930. The highest BCUT2D eigenvalue weighted by molar-refractivity contribution is 7.92.